The van der Waals surface area contributed by atoms with E-state index in [4.69, 9.17) is 5.84 Å². The molecule has 21 heavy (non-hydrogen) atoms. The smallest absolute Gasteiger partial charge is 0.123 e. The first-order valence-electron chi connectivity index (χ1n) is 7.43. The lowest BCUT2D eigenvalue weighted by Gasteiger charge is -2.16. The van der Waals surface area contributed by atoms with Gasteiger partial charge in [-0.3, -0.25) is 16.0 Å². The summed E-state index contributed by atoms with van der Waals surface area (Å²) >= 11 is 0. The number of halogens is 1. The van der Waals surface area contributed by atoms with Gasteiger partial charge in [0.05, 0.1) is 17.8 Å². The lowest BCUT2D eigenvalue weighted by Crippen LogP contribution is -2.29. The van der Waals surface area contributed by atoms with E-state index in [1.165, 1.54) is 12.1 Å². The molecule has 0 spiro atoms. The van der Waals surface area contributed by atoms with Crippen LogP contribution in [0.5, 0.6) is 0 Å². The Bertz CT molecular complexity index is 563. The van der Waals surface area contributed by atoms with Gasteiger partial charge in [0.1, 0.15) is 5.82 Å². The number of aromatic nitrogens is 2. The Hall–Kier alpha value is -1.72. The molecule has 4 nitrogen and oxygen atoms in total. The van der Waals surface area contributed by atoms with Crippen LogP contribution in [-0.4, -0.2) is 9.78 Å². The quantitative estimate of drug-likeness (QED) is 0.608. The van der Waals surface area contributed by atoms with E-state index in [1.54, 1.807) is 6.07 Å². The fourth-order valence-corrected chi connectivity index (χ4v) is 2.56. The van der Waals surface area contributed by atoms with Crippen molar-refractivity contribution in [1.29, 1.82) is 0 Å². The number of nitrogens with zero attached hydrogens (tertiary/aromatic N) is 2. The standard InChI is InChI=1S/C16H23FN4/c1-3-15(4-2)21-9-8-14(20-21)11-16(19-18)12-6-5-7-13(17)10-12/h5-10,15-16,19H,3-4,11,18H2,1-2H3. The largest absolute Gasteiger partial charge is 0.271 e. The van der Waals surface area contributed by atoms with Gasteiger partial charge in [-0.15, -0.1) is 0 Å². The van der Waals surface area contributed by atoms with E-state index in [0.717, 1.165) is 24.1 Å². The summed E-state index contributed by atoms with van der Waals surface area (Å²) in [5.41, 5.74) is 4.53. The minimum absolute atomic E-state index is 0.147. The number of nitrogens with two attached hydrogens (primary N) is 1. The predicted octanol–water partition coefficient (Wildman–Crippen LogP) is 3.13. The van der Waals surface area contributed by atoms with Crippen molar-refractivity contribution < 1.29 is 4.39 Å². The summed E-state index contributed by atoms with van der Waals surface area (Å²) in [4.78, 5) is 0. The van der Waals surface area contributed by atoms with Crippen LogP contribution in [0.4, 0.5) is 4.39 Å². The highest BCUT2D eigenvalue weighted by molar-refractivity contribution is 5.21. The Kier molecular flexibility index (Phi) is 5.47. The molecule has 2 rings (SSSR count). The molecule has 0 aliphatic heterocycles. The molecule has 2 aromatic rings. The molecule has 1 aromatic carbocycles. The monoisotopic (exact) mass is 290 g/mol. The average molecular weight is 290 g/mol. The van der Waals surface area contributed by atoms with Gasteiger partial charge in [-0.2, -0.15) is 5.10 Å². The van der Waals surface area contributed by atoms with Gasteiger partial charge in [0.15, 0.2) is 0 Å². The number of hydrazine groups is 1. The first kappa shape index (κ1) is 15.7. The lowest BCUT2D eigenvalue weighted by molar-refractivity contribution is 0.422. The summed E-state index contributed by atoms with van der Waals surface area (Å²) in [6, 6.07) is 8.77. The summed E-state index contributed by atoms with van der Waals surface area (Å²) in [7, 11) is 0. The molecule has 0 radical (unpaired) electrons. The summed E-state index contributed by atoms with van der Waals surface area (Å²) < 4.78 is 15.3. The molecule has 1 aromatic heterocycles. The average Bonchev–Trinajstić information content (AvgIpc) is 2.94. The molecule has 0 bridgehead atoms. The minimum Gasteiger partial charge on any atom is -0.271 e. The Balaban J connectivity index is 2.12. The lowest BCUT2D eigenvalue weighted by atomic mass is 10.0. The highest BCUT2D eigenvalue weighted by Gasteiger charge is 2.14. The topological polar surface area (TPSA) is 55.9 Å². The molecule has 0 saturated carbocycles. The van der Waals surface area contributed by atoms with Crippen molar-refractivity contribution in [2.24, 2.45) is 5.84 Å². The fourth-order valence-electron chi connectivity index (χ4n) is 2.56. The van der Waals surface area contributed by atoms with Crippen LogP contribution < -0.4 is 11.3 Å². The first-order chi connectivity index (χ1) is 10.2. The highest BCUT2D eigenvalue weighted by atomic mass is 19.1. The zero-order valence-electron chi connectivity index (χ0n) is 12.6. The van der Waals surface area contributed by atoms with E-state index in [2.05, 4.69) is 24.4 Å². The zero-order chi connectivity index (χ0) is 15.2. The molecular formula is C16H23FN4. The van der Waals surface area contributed by atoms with Crippen molar-refractivity contribution >= 4 is 0 Å². The third-order valence-electron chi connectivity index (χ3n) is 3.85. The second-order valence-electron chi connectivity index (χ2n) is 5.24. The molecule has 1 heterocycles. The second-order valence-corrected chi connectivity index (χ2v) is 5.24. The van der Waals surface area contributed by atoms with Crippen molar-refractivity contribution in [3.05, 3.63) is 53.6 Å². The van der Waals surface area contributed by atoms with Crippen molar-refractivity contribution in [2.45, 2.75) is 45.2 Å². The van der Waals surface area contributed by atoms with E-state index in [-0.39, 0.29) is 11.9 Å². The van der Waals surface area contributed by atoms with Crippen LogP contribution >= 0.6 is 0 Å². The van der Waals surface area contributed by atoms with Crippen molar-refractivity contribution in [1.82, 2.24) is 15.2 Å². The SMILES string of the molecule is CCC(CC)n1ccc(CC(NN)c2cccc(F)c2)n1. The Morgan fingerprint density at radius 2 is 2.05 bits per heavy atom. The third kappa shape index (κ3) is 3.89. The van der Waals surface area contributed by atoms with Gasteiger partial charge in [0.2, 0.25) is 0 Å². The minimum atomic E-state index is -0.254. The number of hydrogen-bond donors (Lipinski definition) is 2. The molecule has 0 amide bonds. The third-order valence-corrected chi connectivity index (χ3v) is 3.85. The van der Waals surface area contributed by atoms with E-state index in [0.29, 0.717) is 12.5 Å². The first-order valence-corrected chi connectivity index (χ1v) is 7.43. The number of rotatable bonds is 7. The molecule has 114 valence electrons. The van der Waals surface area contributed by atoms with Crippen LogP contribution in [0.1, 0.15) is 50.0 Å². The normalized spacial score (nSPS) is 12.8. The van der Waals surface area contributed by atoms with Gasteiger partial charge in [-0.05, 0) is 36.6 Å². The van der Waals surface area contributed by atoms with Crippen molar-refractivity contribution in [2.75, 3.05) is 0 Å². The van der Waals surface area contributed by atoms with Gasteiger partial charge in [-0.25, -0.2) is 4.39 Å². The maximum absolute atomic E-state index is 13.3. The van der Waals surface area contributed by atoms with Gasteiger partial charge in [0.25, 0.3) is 0 Å². The highest BCUT2D eigenvalue weighted by Crippen LogP contribution is 2.20. The van der Waals surface area contributed by atoms with Crippen LogP contribution in [0.15, 0.2) is 36.5 Å². The van der Waals surface area contributed by atoms with E-state index < -0.39 is 0 Å². The van der Waals surface area contributed by atoms with Gasteiger partial charge in [0, 0.05) is 12.6 Å². The number of benzene rings is 1. The second kappa shape index (κ2) is 7.33. The zero-order valence-corrected chi connectivity index (χ0v) is 12.6. The summed E-state index contributed by atoms with van der Waals surface area (Å²) in [6.45, 7) is 4.32. The Morgan fingerprint density at radius 3 is 2.67 bits per heavy atom. The number of hydrogen-bond acceptors (Lipinski definition) is 3. The summed E-state index contributed by atoms with van der Waals surface area (Å²) in [5.74, 6) is 5.36. The van der Waals surface area contributed by atoms with Crippen LogP contribution in [-0.2, 0) is 6.42 Å². The van der Waals surface area contributed by atoms with Crippen LogP contribution in [0.25, 0.3) is 0 Å². The van der Waals surface area contributed by atoms with Gasteiger partial charge in [-0.1, -0.05) is 26.0 Å². The van der Waals surface area contributed by atoms with Crippen molar-refractivity contribution in [3.63, 3.8) is 0 Å². The Labute approximate surface area is 125 Å². The molecule has 1 atom stereocenters. The Morgan fingerprint density at radius 1 is 1.29 bits per heavy atom. The maximum atomic E-state index is 13.3. The molecular weight excluding hydrogens is 267 g/mol. The number of nitrogens with one attached hydrogen (secondary N) is 1. The molecule has 3 N–H and O–H groups in total. The van der Waals surface area contributed by atoms with Gasteiger partial charge < -0.3 is 0 Å². The molecule has 5 heteroatoms. The predicted molar refractivity (Wildman–Crippen MR) is 82.0 cm³/mol. The van der Waals surface area contributed by atoms with Crippen LogP contribution in [0.3, 0.4) is 0 Å². The van der Waals surface area contributed by atoms with E-state index in [9.17, 15) is 4.39 Å². The fraction of sp³-hybridized carbons (Fsp3) is 0.438. The van der Waals surface area contributed by atoms with Gasteiger partial charge >= 0.3 is 0 Å². The van der Waals surface area contributed by atoms with Crippen molar-refractivity contribution in [3.8, 4) is 0 Å². The molecule has 0 saturated heterocycles. The van der Waals surface area contributed by atoms with E-state index >= 15 is 0 Å². The molecule has 0 aliphatic carbocycles. The van der Waals surface area contributed by atoms with Crippen LogP contribution in [0, 0.1) is 5.82 Å². The summed E-state index contributed by atoms with van der Waals surface area (Å²) in [6.07, 6.45) is 4.75. The van der Waals surface area contributed by atoms with Crippen LogP contribution in [0.2, 0.25) is 0 Å². The molecule has 1 unspecified atom stereocenters. The molecule has 0 fully saturated rings. The maximum Gasteiger partial charge on any atom is 0.123 e. The van der Waals surface area contributed by atoms with E-state index in [1.807, 2.05) is 23.0 Å². The molecule has 0 aliphatic rings. The summed E-state index contributed by atoms with van der Waals surface area (Å²) in [5, 5.41) is 4.62.